The van der Waals surface area contributed by atoms with E-state index in [1.54, 1.807) is 11.8 Å². The molecule has 1 amide bonds. The molecule has 0 aliphatic heterocycles. The third-order valence-electron chi connectivity index (χ3n) is 5.56. The second kappa shape index (κ2) is 5.35. The molecule has 1 aromatic rings. The maximum absolute atomic E-state index is 12.4. The molecule has 4 fully saturated rings. The largest absolute Gasteiger partial charge is 0.350 e. The van der Waals surface area contributed by atoms with E-state index in [2.05, 4.69) is 17.4 Å². The highest BCUT2D eigenvalue weighted by atomic mass is 32.2. The van der Waals surface area contributed by atoms with Gasteiger partial charge in [0.2, 0.25) is 5.91 Å². The zero-order chi connectivity index (χ0) is 14.3. The summed E-state index contributed by atoms with van der Waals surface area (Å²) in [5.41, 5.74) is 0.156. The maximum atomic E-state index is 12.4. The van der Waals surface area contributed by atoms with Crippen molar-refractivity contribution in [3.05, 3.63) is 30.3 Å². The van der Waals surface area contributed by atoms with Gasteiger partial charge in [-0.3, -0.25) is 4.79 Å². The Morgan fingerprint density at radius 2 is 1.62 bits per heavy atom. The molecular weight excluding hydrogens is 278 g/mol. The molecule has 0 atom stereocenters. The summed E-state index contributed by atoms with van der Waals surface area (Å²) in [6.45, 7) is 0. The fourth-order valence-electron chi connectivity index (χ4n) is 5.26. The van der Waals surface area contributed by atoms with E-state index >= 15 is 0 Å². The first kappa shape index (κ1) is 13.7. The van der Waals surface area contributed by atoms with Gasteiger partial charge >= 0.3 is 0 Å². The van der Waals surface area contributed by atoms with Crippen LogP contribution in [0.4, 0.5) is 0 Å². The summed E-state index contributed by atoms with van der Waals surface area (Å²) in [7, 11) is 0. The van der Waals surface area contributed by atoms with Crippen LogP contribution in [-0.2, 0) is 4.79 Å². The van der Waals surface area contributed by atoms with Crippen LogP contribution in [0.2, 0.25) is 0 Å². The molecule has 21 heavy (non-hydrogen) atoms. The zero-order valence-corrected chi connectivity index (χ0v) is 13.2. The molecule has 112 valence electrons. The Morgan fingerprint density at radius 3 is 2.19 bits per heavy atom. The number of benzene rings is 1. The maximum Gasteiger partial charge on any atom is 0.230 e. The van der Waals surface area contributed by atoms with Crippen LogP contribution in [0.15, 0.2) is 35.2 Å². The van der Waals surface area contributed by atoms with Crippen LogP contribution in [0.25, 0.3) is 0 Å². The van der Waals surface area contributed by atoms with E-state index in [0.29, 0.717) is 5.75 Å². The summed E-state index contributed by atoms with van der Waals surface area (Å²) >= 11 is 1.65. The van der Waals surface area contributed by atoms with Crippen molar-refractivity contribution in [2.45, 2.75) is 49.0 Å². The Labute approximate surface area is 131 Å². The summed E-state index contributed by atoms with van der Waals surface area (Å²) in [5, 5.41) is 3.44. The van der Waals surface area contributed by atoms with E-state index in [1.807, 2.05) is 18.2 Å². The van der Waals surface area contributed by atoms with E-state index in [1.165, 1.54) is 43.4 Å². The summed E-state index contributed by atoms with van der Waals surface area (Å²) < 4.78 is 0. The highest BCUT2D eigenvalue weighted by Gasteiger charge is 2.51. The zero-order valence-electron chi connectivity index (χ0n) is 12.4. The van der Waals surface area contributed by atoms with Crippen LogP contribution in [-0.4, -0.2) is 17.2 Å². The Morgan fingerprint density at radius 1 is 1.05 bits per heavy atom. The molecule has 4 aliphatic carbocycles. The van der Waals surface area contributed by atoms with Crippen molar-refractivity contribution < 1.29 is 4.79 Å². The quantitative estimate of drug-likeness (QED) is 0.856. The summed E-state index contributed by atoms with van der Waals surface area (Å²) in [4.78, 5) is 13.5. The molecule has 0 aromatic heterocycles. The van der Waals surface area contributed by atoms with Gasteiger partial charge in [-0.25, -0.2) is 0 Å². The molecule has 4 saturated carbocycles. The highest BCUT2D eigenvalue weighted by molar-refractivity contribution is 8.00. The summed E-state index contributed by atoms with van der Waals surface area (Å²) in [6.07, 6.45) is 7.98. The van der Waals surface area contributed by atoms with Crippen LogP contribution in [0.1, 0.15) is 38.5 Å². The normalized spacial score (nSPS) is 36.7. The highest BCUT2D eigenvalue weighted by Crippen LogP contribution is 2.55. The molecule has 4 bridgehead atoms. The fraction of sp³-hybridized carbons (Fsp3) is 0.611. The summed E-state index contributed by atoms with van der Waals surface area (Å²) in [5.74, 6) is 3.44. The molecule has 0 unspecified atom stereocenters. The average Bonchev–Trinajstić information content (AvgIpc) is 2.44. The number of carbonyl (C=O) groups excluding carboxylic acids is 1. The van der Waals surface area contributed by atoms with Crippen LogP contribution in [0.3, 0.4) is 0 Å². The number of carbonyl (C=O) groups is 1. The number of hydrogen-bond donors (Lipinski definition) is 1. The van der Waals surface area contributed by atoms with Crippen molar-refractivity contribution in [2.24, 2.45) is 17.8 Å². The van der Waals surface area contributed by atoms with Crippen LogP contribution in [0, 0.1) is 17.8 Å². The Balaban J connectivity index is 1.36. The van der Waals surface area contributed by atoms with Crippen LogP contribution >= 0.6 is 11.8 Å². The number of nitrogens with one attached hydrogen (secondary N) is 1. The minimum Gasteiger partial charge on any atom is -0.350 e. The van der Waals surface area contributed by atoms with Crippen LogP contribution in [0.5, 0.6) is 0 Å². The van der Waals surface area contributed by atoms with Crippen LogP contribution < -0.4 is 5.32 Å². The number of hydrogen-bond acceptors (Lipinski definition) is 2. The van der Waals surface area contributed by atoms with Gasteiger partial charge in [0.1, 0.15) is 0 Å². The summed E-state index contributed by atoms with van der Waals surface area (Å²) in [6, 6.07) is 10.2. The first-order valence-corrected chi connectivity index (χ1v) is 9.18. The third-order valence-corrected chi connectivity index (χ3v) is 6.57. The van der Waals surface area contributed by atoms with Gasteiger partial charge in [0.25, 0.3) is 0 Å². The predicted molar refractivity (Wildman–Crippen MR) is 86.2 cm³/mol. The van der Waals surface area contributed by atoms with Gasteiger partial charge in [-0.2, -0.15) is 0 Å². The lowest BCUT2D eigenvalue weighted by Crippen LogP contribution is -2.60. The molecular formula is C18H23NOS. The molecule has 0 saturated heterocycles. The van der Waals surface area contributed by atoms with Crippen molar-refractivity contribution in [1.82, 2.24) is 5.32 Å². The molecule has 2 nitrogen and oxygen atoms in total. The second-order valence-corrected chi connectivity index (χ2v) is 8.40. The van der Waals surface area contributed by atoms with Gasteiger partial charge in [0, 0.05) is 10.4 Å². The Kier molecular flexibility index (Phi) is 3.49. The van der Waals surface area contributed by atoms with Crippen molar-refractivity contribution in [1.29, 1.82) is 0 Å². The number of amides is 1. The molecule has 5 rings (SSSR count). The lowest BCUT2D eigenvalue weighted by atomic mass is 9.53. The predicted octanol–water partition coefficient (Wildman–Crippen LogP) is 3.86. The minimum absolute atomic E-state index is 0.156. The fourth-order valence-corrected chi connectivity index (χ4v) is 5.98. The Hall–Kier alpha value is -0.960. The number of thioether (sulfide) groups is 1. The first-order valence-electron chi connectivity index (χ1n) is 8.20. The van der Waals surface area contributed by atoms with E-state index in [0.717, 1.165) is 17.8 Å². The number of rotatable bonds is 4. The van der Waals surface area contributed by atoms with Gasteiger partial charge in [-0.1, -0.05) is 18.2 Å². The van der Waals surface area contributed by atoms with Gasteiger partial charge < -0.3 is 5.32 Å². The van der Waals surface area contributed by atoms with Crippen molar-refractivity contribution >= 4 is 17.7 Å². The van der Waals surface area contributed by atoms with Gasteiger partial charge in [-0.15, -0.1) is 11.8 Å². The lowest BCUT2D eigenvalue weighted by molar-refractivity contribution is -0.124. The SMILES string of the molecule is O=C(CSc1ccccc1)NC12CC3CC(CC(C3)C1)C2. The molecule has 4 aliphatic rings. The van der Waals surface area contributed by atoms with Crippen molar-refractivity contribution in [3.63, 3.8) is 0 Å². The minimum atomic E-state index is 0.156. The second-order valence-electron chi connectivity index (χ2n) is 7.35. The molecule has 1 N–H and O–H groups in total. The molecule has 0 spiro atoms. The van der Waals surface area contributed by atoms with Gasteiger partial charge in [0.15, 0.2) is 0 Å². The molecule has 3 heteroatoms. The van der Waals surface area contributed by atoms with E-state index in [4.69, 9.17) is 0 Å². The Bertz CT molecular complexity index is 492. The standard InChI is InChI=1S/C18H23NOS/c20-17(12-21-16-4-2-1-3-5-16)19-18-9-13-6-14(10-18)8-15(7-13)11-18/h1-5,13-15H,6-12H2,(H,19,20). The van der Waals surface area contributed by atoms with E-state index in [9.17, 15) is 4.79 Å². The van der Waals surface area contributed by atoms with E-state index < -0.39 is 0 Å². The third kappa shape index (κ3) is 2.85. The molecule has 1 aromatic carbocycles. The lowest BCUT2D eigenvalue weighted by Gasteiger charge is -2.56. The first-order chi connectivity index (χ1) is 10.2. The van der Waals surface area contributed by atoms with Gasteiger partial charge in [0.05, 0.1) is 5.75 Å². The van der Waals surface area contributed by atoms with E-state index in [-0.39, 0.29) is 11.4 Å². The smallest absolute Gasteiger partial charge is 0.230 e. The average molecular weight is 301 g/mol. The topological polar surface area (TPSA) is 29.1 Å². The molecule has 0 radical (unpaired) electrons. The molecule has 0 heterocycles. The van der Waals surface area contributed by atoms with Crippen molar-refractivity contribution in [2.75, 3.05) is 5.75 Å². The van der Waals surface area contributed by atoms with Crippen molar-refractivity contribution in [3.8, 4) is 0 Å². The monoisotopic (exact) mass is 301 g/mol. The van der Waals surface area contributed by atoms with Gasteiger partial charge in [-0.05, 0) is 68.4 Å².